The minimum absolute atomic E-state index is 0.206. The van der Waals surface area contributed by atoms with Gasteiger partial charge in [0, 0.05) is 19.7 Å². The third-order valence-corrected chi connectivity index (χ3v) is 3.28. The second-order valence-corrected chi connectivity index (χ2v) is 4.90. The second kappa shape index (κ2) is 5.90. The van der Waals surface area contributed by atoms with Crippen molar-refractivity contribution in [3.63, 3.8) is 0 Å². The van der Waals surface area contributed by atoms with Crippen molar-refractivity contribution in [1.82, 2.24) is 19.6 Å². The Hall–Kier alpha value is -2.44. The van der Waals surface area contributed by atoms with E-state index in [1.54, 1.807) is 4.68 Å². The molecule has 0 spiro atoms. The number of nitrogens with one attached hydrogen (secondary N) is 1. The van der Waals surface area contributed by atoms with Crippen molar-refractivity contribution in [3.05, 3.63) is 39.6 Å². The van der Waals surface area contributed by atoms with E-state index in [2.05, 4.69) is 15.5 Å². The van der Waals surface area contributed by atoms with Crippen molar-refractivity contribution in [2.45, 2.75) is 33.7 Å². The Morgan fingerprint density at radius 2 is 2.00 bits per heavy atom. The summed E-state index contributed by atoms with van der Waals surface area (Å²) in [6.07, 6.45) is 0.777. The molecular formula is C14H19N5O2. The van der Waals surface area contributed by atoms with E-state index < -0.39 is 0 Å². The molecule has 0 aliphatic carbocycles. The van der Waals surface area contributed by atoms with Gasteiger partial charge < -0.3 is 5.32 Å². The molecule has 0 aliphatic heterocycles. The summed E-state index contributed by atoms with van der Waals surface area (Å²) < 4.78 is 3.01. The fraction of sp³-hybridized carbons (Fsp3) is 0.429. The fourth-order valence-corrected chi connectivity index (χ4v) is 2.07. The number of carbonyl (C=O) groups excluding carboxylic acids is 1. The molecule has 0 saturated heterocycles. The number of anilines is 1. The summed E-state index contributed by atoms with van der Waals surface area (Å²) in [7, 11) is 1.82. The molecule has 21 heavy (non-hydrogen) atoms. The van der Waals surface area contributed by atoms with Crippen LogP contribution in [0.4, 0.5) is 5.69 Å². The smallest absolute Gasteiger partial charge is 0.276 e. The number of hydrogen-bond acceptors (Lipinski definition) is 4. The SMILES string of the molecule is CCCn1nc(C(=O)Nc2c(C)nn(C)c2C)ccc1=O. The van der Waals surface area contributed by atoms with Crippen LogP contribution in [-0.2, 0) is 13.6 Å². The highest BCUT2D eigenvalue weighted by atomic mass is 16.2. The zero-order chi connectivity index (χ0) is 15.6. The highest BCUT2D eigenvalue weighted by molar-refractivity contribution is 6.03. The maximum absolute atomic E-state index is 12.3. The van der Waals surface area contributed by atoms with E-state index in [1.165, 1.54) is 16.8 Å². The summed E-state index contributed by atoms with van der Waals surface area (Å²) >= 11 is 0. The standard InChI is InChI=1S/C14H19N5O2/c1-5-8-19-12(20)7-6-11(17-19)14(21)15-13-9(2)16-18(4)10(13)3/h6-7H,5,8H2,1-4H3,(H,15,21). The van der Waals surface area contributed by atoms with Crippen LogP contribution >= 0.6 is 0 Å². The summed E-state index contributed by atoms with van der Waals surface area (Å²) in [5.41, 5.74) is 2.29. The van der Waals surface area contributed by atoms with Gasteiger partial charge in [-0.2, -0.15) is 10.2 Å². The lowest BCUT2D eigenvalue weighted by Crippen LogP contribution is -2.26. The molecule has 1 amide bonds. The molecule has 0 saturated carbocycles. The predicted molar refractivity (Wildman–Crippen MR) is 79.4 cm³/mol. The summed E-state index contributed by atoms with van der Waals surface area (Å²) in [6.45, 7) is 6.14. The Morgan fingerprint density at radius 1 is 1.29 bits per heavy atom. The van der Waals surface area contributed by atoms with Gasteiger partial charge in [0.15, 0.2) is 0 Å². The topological polar surface area (TPSA) is 81.8 Å². The lowest BCUT2D eigenvalue weighted by molar-refractivity contribution is 0.101. The van der Waals surface area contributed by atoms with Crippen LogP contribution in [0.2, 0.25) is 0 Å². The van der Waals surface area contributed by atoms with Crippen LogP contribution in [0.25, 0.3) is 0 Å². The van der Waals surface area contributed by atoms with Gasteiger partial charge in [0.1, 0.15) is 5.69 Å². The van der Waals surface area contributed by atoms with Gasteiger partial charge in [-0.05, 0) is 26.3 Å². The Morgan fingerprint density at radius 3 is 2.57 bits per heavy atom. The largest absolute Gasteiger partial charge is 0.317 e. The van der Waals surface area contributed by atoms with Gasteiger partial charge in [-0.1, -0.05) is 6.92 Å². The maximum Gasteiger partial charge on any atom is 0.276 e. The number of hydrogen-bond donors (Lipinski definition) is 1. The molecule has 0 bridgehead atoms. The molecule has 0 fully saturated rings. The van der Waals surface area contributed by atoms with Gasteiger partial charge in [0.2, 0.25) is 0 Å². The fourth-order valence-electron chi connectivity index (χ4n) is 2.07. The Balaban J connectivity index is 2.28. The predicted octanol–water partition coefficient (Wildman–Crippen LogP) is 1.26. The van der Waals surface area contributed by atoms with Crippen molar-refractivity contribution in [3.8, 4) is 0 Å². The Kier molecular flexibility index (Phi) is 4.21. The molecule has 1 N–H and O–H groups in total. The lowest BCUT2D eigenvalue weighted by Gasteiger charge is -2.07. The quantitative estimate of drug-likeness (QED) is 0.918. The van der Waals surface area contributed by atoms with Gasteiger partial charge in [0.25, 0.3) is 11.5 Å². The molecule has 2 aromatic heterocycles. The van der Waals surface area contributed by atoms with Crippen LogP contribution in [0.5, 0.6) is 0 Å². The van der Waals surface area contributed by atoms with E-state index in [0.717, 1.165) is 17.8 Å². The van der Waals surface area contributed by atoms with E-state index in [1.807, 2.05) is 27.8 Å². The molecule has 2 rings (SSSR count). The number of aryl methyl sites for hydroxylation is 3. The molecular weight excluding hydrogens is 270 g/mol. The van der Waals surface area contributed by atoms with Gasteiger partial charge in [-0.3, -0.25) is 14.3 Å². The maximum atomic E-state index is 12.3. The van der Waals surface area contributed by atoms with Crippen LogP contribution in [0.3, 0.4) is 0 Å². The number of rotatable bonds is 4. The normalized spacial score (nSPS) is 10.7. The summed E-state index contributed by atoms with van der Waals surface area (Å²) in [5, 5.41) is 11.1. The van der Waals surface area contributed by atoms with Crippen molar-refractivity contribution >= 4 is 11.6 Å². The van der Waals surface area contributed by atoms with Crippen molar-refractivity contribution in [2.24, 2.45) is 7.05 Å². The van der Waals surface area contributed by atoms with Gasteiger partial charge in [-0.25, -0.2) is 4.68 Å². The average Bonchev–Trinajstić information content (AvgIpc) is 2.68. The number of amides is 1. The molecule has 112 valence electrons. The minimum atomic E-state index is -0.348. The molecule has 0 unspecified atom stereocenters. The average molecular weight is 289 g/mol. The molecule has 0 aliphatic rings. The zero-order valence-electron chi connectivity index (χ0n) is 12.7. The van der Waals surface area contributed by atoms with E-state index >= 15 is 0 Å². The molecule has 7 heteroatoms. The second-order valence-electron chi connectivity index (χ2n) is 4.90. The summed E-state index contributed by atoms with van der Waals surface area (Å²) in [4.78, 5) is 23.9. The zero-order valence-corrected chi connectivity index (χ0v) is 12.7. The first kappa shape index (κ1) is 15.0. The number of aromatic nitrogens is 4. The summed E-state index contributed by atoms with van der Waals surface area (Å²) in [6, 6.07) is 2.80. The molecule has 0 aromatic carbocycles. The van der Waals surface area contributed by atoms with Gasteiger partial charge >= 0.3 is 0 Å². The Bertz CT molecular complexity index is 729. The number of carbonyl (C=O) groups is 1. The van der Waals surface area contributed by atoms with Crippen LogP contribution in [0.1, 0.15) is 35.2 Å². The number of nitrogens with zero attached hydrogens (tertiary/aromatic N) is 4. The molecule has 2 aromatic rings. The highest BCUT2D eigenvalue weighted by Gasteiger charge is 2.15. The third-order valence-electron chi connectivity index (χ3n) is 3.28. The van der Waals surface area contributed by atoms with Crippen LogP contribution < -0.4 is 10.9 Å². The molecule has 7 nitrogen and oxygen atoms in total. The van der Waals surface area contributed by atoms with E-state index in [0.29, 0.717) is 12.2 Å². The molecule has 0 atom stereocenters. The first-order valence-electron chi connectivity index (χ1n) is 6.83. The highest BCUT2D eigenvalue weighted by Crippen LogP contribution is 2.18. The van der Waals surface area contributed by atoms with Gasteiger partial charge in [-0.15, -0.1) is 0 Å². The molecule has 0 radical (unpaired) electrons. The van der Waals surface area contributed by atoms with Crippen LogP contribution in [-0.4, -0.2) is 25.5 Å². The first-order chi connectivity index (χ1) is 9.93. The van der Waals surface area contributed by atoms with Crippen LogP contribution in [0, 0.1) is 13.8 Å². The minimum Gasteiger partial charge on any atom is -0.317 e. The molecule has 2 heterocycles. The van der Waals surface area contributed by atoms with Crippen LogP contribution in [0.15, 0.2) is 16.9 Å². The lowest BCUT2D eigenvalue weighted by atomic mass is 10.3. The van der Waals surface area contributed by atoms with Crippen molar-refractivity contribution < 1.29 is 4.79 Å². The summed E-state index contributed by atoms with van der Waals surface area (Å²) in [5.74, 6) is -0.348. The van der Waals surface area contributed by atoms with E-state index in [9.17, 15) is 9.59 Å². The Labute approximate surface area is 122 Å². The van der Waals surface area contributed by atoms with Crippen molar-refractivity contribution in [1.29, 1.82) is 0 Å². The van der Waals surface area contributed by atoms with E-state index in [-0.39, 0.29) is 17.2 Å². The first-order valence-corrected chi connectivity index (χ1v) is 6.83. The van der Waals surface area contributed by atoms with E-state index in [4.69, 9.17) is 0 Å². The third kappa shape index (κ3) is 3.01. The van der Waals surface area contributed by atoms with Gasteiger partial charge in [0.05, 0.1) is 17.1 Å². The van der Waals surface area contributed by atoms with Crippen molar-refractivity contribution in [2.75, 3.05) is 5.32 Å². The monoisotopic (exact) mass is 289 g/mol.